The number of methoxy groups -OCH3 is 1. The number of nitrogens with one attached hydrogen (secondary N) is 1. The molecule has 5 nitrogen and oxygen atoms in total. The molecule has 0 aliphatic rings. The molecule has 0 fully saturated rings. The minimum Gasteiger partial charge on any atom is -0.497 e. The summed E-state index contributed by atoms with van der Waals surface area (Å²) in [5.74, 6) is 0.0738. The van der Waals surface area contributed by atoms with Crippen LogP contribution in [0.1, 0.15) is 11.1 Å². The van der Waals surface area contributed by atoms with Gasteiger partial charge in [0.15, 0.2) is 6.61 Å². The first-order valence-electron chi connectivity index (χ1n) is 7.15. The number of carbonyl (C=O) groups is 1. The monoisotopic (exact) mass is 352 g/mol. The molecule has 1 amide bonds. The van der Waals surface area contributed by atoms with Crippen molar-refractivity contribution in [2.75, 3.05) is 19.0 Å². The van der Waals surface area contributed by atoms with Crippen molar-refractivity contribution in [1.82, 2.24) is 0 Å². The molecule has 0 heterocycles. The summed E-state index contributed by atoms with van der Waals surface area (Å²) in [6, 6.07) is 11.3. The standard InChI is InChI=1S/C17H15F3N2O3/c1-24-15-7-5-12(6-8-15)10-21-25-11-16(23)22-14-4-2-3-13(9-14)17(18,19)20/h2-10H,11H2,1H3,(H,22,23). The topological polar surface area (TPSA) is 59.9 Å². The molecule has 0 aliphatic carbocycles. The quantitative estimate of drug-likeness (QED) is 0.637. The second-order valence-corrected chi connectivity index (χ2v) is 4.91. The molecule has 8 heteroatoms. The number of carbonyl (C=O) groups excluding carboxylic acids is 1. The lowest BCUT2D eigenvalue weighted by atomic mass is 10.2. The fraction of sp³-hybridized carbons (Fsp3) is 0.176. The number of hydrogen-bond acceptors (Lipinski definition) is 4. The van der Waals surface area contributed by atoms with Crippen molar-refractivity contribution in [3.05, 3.63) is 59.7 Å². The third kappa shape index (κ3) is 5.83. The van der Waals surface area contributed by atoms with Gasteiger partial charge < -0.3 is 14.9 Å². The van der Waals surface area contributed by atoms with E-state index in [1.165, 1.54) is 18.3 Å². The van der Waals surface area contributed by atoms with Gasteiger partial charge >= 0.3 is 6.18 Å². The molecule has 25 heavy (non-hydrogen) atoms. The van der Waals surface area contributed by atoms with E-state index in [0.717, 1.165) is 17.7 Å². The molecule has 0 unspecified atom stereocenters. The molecular formula is C17H15F3N2O3. The highest BCUT2D eigenvalue weighted by Crippen LogP contribution is 2.30. The second kappa shape index (κ2) is 8.18. The fourth-order valence-corrected chi connectivity index (χ4v) is 1.85. The van der Waals surface area contributed by atoms with Crippen LogP contribution in [0.4, 0.5) is 18.9 Å². The first-order valence-corrected chi connectivity index (χ1v) is 7.15. The van der Waals surface area contributed by atoms with E-state index in [0.29, 0.717) is 5.75 Å². The highest BCUT2D eigenvalue weighted by molar-refractivity contribution is 5.91. The van der Waals surface area contributed by atoms with E-state index in [4.69, 9.17) is 9.57 Å². The van der Waals surface area contributed by atoms with Crippen molar-refractivity contribution in [1.29, 1.82) is 0 Å². The largest absolute Gasteiger partial charge is 0.497 e. The van der Waals surface area contributed by atoms with Crippen LogP contribution in [-0.2, 0) is 15.8 Å². The van der Waals surface area contributed by atoms with Gasteiger partial charge in [0.2, 0.25) is 0 Å². The van der Waals surface area contributed by atoms with Crippen molar-refractivity contribution >= 4 is 17.8 Å². The minimum absolute atomic E-state index is 0.0301. The van der Waals surface area contributed by atoms with E-state index in [2.05, 4.69) is 10.5 Å². The van der Waals surface area contributed by atoms with E-state index in [-0.39, 0.29) is 5.69 Å². The number of oxime groups is 1. The van der Waals surface area contributed by atoms with Gasteiger partial charge in [0, 0.05) is 5.69 Å². The Kier molecular flexibility index (Phi) is 5.99. The number of rotatable bonds is 6. The van der Waals surface area contributed by atoms with E-state index in [9.17, 15) is 18.0 Å². The molecule has 0 saturated carbocycles. The molecule has 2 aromatic carbocycles. The summed E-state index contributed by atoms with van der Waals surface area (Å²) in [5.41, 5.74) is -0.0783. The van der Waals surface area contributed by atoms with Crippen LogP contribution in [0.3, 0.4) is 0 Å². The SMILES string of the molecule is COc1ccc(C=NOCC(=O)Nc2cccc(C(F)(F)F)c2)cc1. The van der Waals surface area contributed by atoms with Crippen LogP contribution < -0.4 is 10.1 Å². The summed E-state index contributed by atoms with van der Waals surface area (Å²) in [6.45, 7) is -0.428. The Morgan fingerprint density at radius 3 is 2.56 bits per heavy atom. The molecule has 2 aromatic rings. The van der Waals surface area contributed by atoms with E-state index in [1.807, 2.05) is 0 Å². The predicted octanol–water partition coefficient (Wildman–Crippen LogP) is 3.70. The lowest BCUT2D eigenvalue weighted by Crippen LogP contribution is -2.17. The van der Waals surface area contributed by atoms with Crippen LogP contribution in [-0.4, -0.2) is 25.8 Å². The first-order chi connectivity index (χ1) is 11.9. The summed E-state index contributed by atoms with van der Waals surface area (Å²) in [7, 11) is 1.55. The van der Waals surface area contributed by atoms with Crippen molar-refractivity contribution in [3.63, 3.8) is 0 Å². The van der Waals surface area contributed by atoms with E-state index < -0.39 is 24.3 Å². The maximum absolute atomic E-state index is 12.6. The molecule has 1 N–H and O–H groups in total. The molecule has 0 aromatic heterocycles. The van der Waals surface area contributed by atoms with Crippen LogP contribution >= 0.6 is 0 Å². The molecule has 0 aliphatic heterocycles. The number of hydrogen-bond donors (Lipinski definition) is 1. The smallest absolute Gasteiger partial charge is 0.416 e. The maximum Gasteiger partial charge on any atom is 0.416 e. The third-order valence-electron chi connectivity index (χ3n) is 3.06. The molecule has 2 rings (SSSR count). The van der Waals surface area contributed by atoms with Crippen LogP contribution in [0.5, 0.6) is 5.75 Å². The Hall–Kier alpha value is -3.03. The lowest BCUT2D eigenvalue weighted by Gasteiger charge is -2.09. The number of alkyl halides is 3. The number of anilines is 1. The van der Waals surface area contributed by atoms with Crippen molar-refractivity contribution < 1.29 is 27.5 Å². The first kappa shape index (κ1) is 18.3. The molecule has 0 atom stereocenters. The molecule has 0 radical (unpaired) electrons. The van der Waals surface area contributed by atoms with Gasteiger partial charge in [0.25, 0.3) is 5.91 Å². The van der Waals surface area contributed by atoms with Gasteiger partial charge in [-0.25, -0.2) is 0 Å². The van der Waals surface area contributed by atoms with Gasteiger partial charge in [-0.2, -0.15) is 13.2 Å². The van der Waals surface area contributed by atoms with Crippen molar-refractivity contribution in [2.45, 2.75) is 6.18 Å². The Morgan fingerprint density at radius 2 is 1.92 bits per heavy atom. The zero-order valence-electron chi connectivity index (χ0n) is 13.2. The Balaban J connectivity index is 1.83. The van der Waals surface area contributed by atoms with Gasteiger partial charge in [-0.15, -0.1) is 0 Å². The number of halogens is 3. The maximum atomic E-state index is 12.6. The third-order valence-corrected chi connectivity index (χ3v) is 3.06. The Bertz CT molecular complexity index is 744. The lowest BCUT2D eigenvalue weighted by molar-refractivity contribution is -0.137. The van der Waals surface area contributed by atoms with Crippen LogP contribution in [0.25, 0.3) is 0 Å². The van der Waals surface area contributed by atoms with Gasteiger partial charge in [0.1, 0.15) is 5.75 Å². The van der Waals surface area contributed by atoms with Crippen molar-refractivity contribution in [3.8, 4) is 5.75 Å². The van der Waals surface area contributed by atoms with E-state index >= 15 is 0 Å². The summed E-state index contributed by atoms with van der Waals surface area (Å²) in [6.07, 6.45) is -3.07. The Labute approximate surface area is 142 Å². The summed E-state index contributed by atoms with van der Waals surface area (Å²) in [5, 5.41) is 5.94. The van der Waals surface area contributed by atoms with Crippen molar-refractivity contribution in [2.24, 2.45) is 5.16 Å². The normalized spacial score (nSPS) is 11.4. The molecule has 0 spiro atoms. The zero-order chi connectivity index (χ0) is 18.3. The summed E-state index contributed by atoms with van der Waals surface area (Å²) in [4.78, 5) is 16.5. The number of ether oxygens (including phenoxy) is 1. The summed E-state index contributed by atoms with van der Waals surface area (Å²) >= 11 is 0. The van der Waals surface area contributed by atoms with Crippen LogP contribution in [0, 0.1) is 0 Å². The molecule has 0 saturated heterocycles. The number of amides is 1. The zero-order valence-corrected chi connectivity index (χ0v) is 13.2. The minimum atomic E-state index is -4.47. The average molecular weight is 352 g/mol. The summed E-state index contributed by atoms with van der Waals surface area (Å²) < 4.78 is 42.8. The molecule has 0 bridgehead atoms. The predicted molar refractivity (Wildman–Crippen MR) is 86.6 cm³/mol. The molecule has 132 valence electrons. The van der Waals surface area contributed by atoms with Crippen LogP contribution in [0.15, 0.2) is 53.7 Å². The Morgan fingerprint density at radius 1 is 1.20 bits per heavy atom. The van der Waals surface area contributed by atoms with Gasteiger partial charge in [0.05, 0.1) is 18.9 Å². The van der Waals surface area contributed by atoms with Gasteiger partial charge in [-0.1, -0.05) is 11.2 Å². The second-order valence-electron chi connectivity index (χ2n) is 4.91. The van der Waals surface area contributed by atoms with E-state index in [1.54, 1.807) is 31.4 Å². The fourth-order valence-electron chi connectivity index (χ4n) is 1.85. The highest BCUT2D eigenvalue weighted by atomic mass is 19.4. The van der Waals surface area contributed by atoms with Gasteiger partial charge in [-0.05, 0) is 48.0 Å². The number of nitrogens with zero attached hydrogens (tertiary/aromatic N) is 1. The average Bonchev–Trinajstić information content (AvgIpc) is 2.59. The van der Waals surface area contributed by atoms with Gasteiger partial charge in [-0.3, -0.25) is 4.79 Å². The molecular weight excluding hydrogens is 337 g/mol. The highest BCUT2D eigenvalue weighted by Gasteiger charge is 2.30. The number of benzene rings is 2. The van der Waals surface area contributed by atoms with Crippen LogP contribution in [0.2, 0.25) is 0 Å².